The summed E-state index contributed by atoms with van der Waals surface area (Å²) < 4.78 is 16.6. The Labute approximate surface area is 176 Å². The molecule has 0 unspecified atom stereocenters. The quantitative estimate of drug-likeness (QED) is 0.756. The van der Waals surface area contributed by atoms with Crippen molar-refractivity contribution in [3.05, 3.63) is 60.2 Å². The lowest BCUT2D eigenvalue weighted by Gasteiger charge is -2.32. The normalized spacial score (nSPS) is 21.4. The first kappa shape index (κ1) is 20.2. The molecule has 2 atom stereocenters. The predicted molar refractivity (Wildman–Crippen MR) is 111 cm³/mol. The van der Waals surface area contributed by atoms with Crippen molar-refractivity contribution in [2.24, 2.45) is 0 Å². The summed E-state index contributed by atoms with van der Waals surface area (Å²) in [5.41, 5.74) is 0.524. The van der Waals surface area contributed by atoms with Crippen LogP contribution in [0.5, 0.6) is 11.5 Å². The molecule has 0 N–H and O–H groups in total. The zero-order chi connectivity index (χ0) is 20.9. The van der Waals surface area contributed by atoms with Crippen LogP contribution in [-0.2, 0) is 9.53 Å². The number of para-hydroxylation sites is 1. The van der Waals surface area contributed by atoms with Gasteiger partial charge in [0.25, 0.3) is 5.91 Å². The van der Waals surface area contributed by atoms with E-state index in [1.165, 1.54) is 0 Å². The second-order valence-electron chi connectivity index (χ2n) is 7.43. The molecule has 158 valence electrons. The van der Waals surface area contributed by atoms with Gasteiger partial charge in [0.2, 0.25) is 5.91 Å². The largest absolute Gasteiger partial charge is 0.497 e. The van der Waals surface area contributed by atoms with Gasteiger partial charge in [-0.1, -0.05) is 18.2 Å². The molecule has 2 saturated heterocycles. The van der Waals surface area contributed by atoms with Gasteiger partial charge in [0, 0.05) is 25.1 Å². The Bertz CT molecular complexity index is 865. The standard InChI is InChI=1S/C23H26N2O5/c1-28-18-9-7-17(8-10-18)22(26)25-16-20(30-19-5-3-2-4-6-19)15-21(25)23(27)24-11-13-29-14-12-24/h2-10,20-21H,11-16H2,1H3/t20-,21+/m0/s1. The number of carbonyl (C=O) groups excluding carboxylic acids is 2. The molecule has 0 bridgehead atoms. The molecular weight excluding hydrogens is 384 g/mol. The highest BCUT2D eigenvalue weighted by molar-refractivity contribution is 5.98. The summed E-state index contributed by atoms with van der Waals surface area (Å²) in [7, 11) is 1.58. The number of methoxy groups -OCH3 is 1. The van der Waals surface area contributed by atoms with Crippen LogP contribution in [0.15, 0.2) is 54.6 Å². The maximum atomic E-state index is 13.3. The van der Waals surface area contributed by atoms with Gasteiger partial charge in [-0.05, 0) is 36.4 Å². The molecule has 2 aromatic rings. The highest BCUT2D eigenvalue weighted by atomic mass is 16.5. The Hall–Kier alpha value is -3.06. The lowest BCUT2D eigenvalue weighted by atomic mass is 10.1. The molecule has 0 spiro atoms. The zero-order valence-electron chi connectivity index (χ0n) is 17.0. The Kier molecular flexibility index (Phi) is 6.18. The monoisotopic (exact) mass is 410 g/mol. The van der Waals surface area contributed by atoms with Crippen LogP contribution in [0.3, 0.4) is 0 Å². The van der Waals surface area contributed by atoms with Crippen molar-refractivity contribution in [2.45, 2.75) is 18.6 Å². The fourth-order valence-electron chi connectivity index (χ4n) is 3.93. The van der Waals surface area contributed by atoms with Gasteiger partial charge in [0.05, 0.1) is 26.9 Å². The van der Waals surface area contributed by atoms with E-state index in [0.29, 0.717) is 50.6 Å². The Morgan fingerprint density at radius 2 is 1.67 bits per heavy atom. The number of benzene rings is 2. The van der Waals surface area contributed by atoms with Crippen molar-refractivity contribution in [3.8, 4) is 11.5 Å². The second kappa shape index (κ2) is 9.17. The van der Waals surface area contributed by atoms with Crippen LogP contribution in [-0.4, -0.2) is 73.7 Å². The zero-order valence-corrected chi connectivity index (χ0v) is 17.0. The molecule has 4 rings (SSSR count). The molecule has 2 aliphatic rings. The first-order chi connectivity index (χ1) is 14.7. The van der Waals surface area contributed by atoms with E-state index in [9.17, 15) is 9.59 Å². The van der Waals surface area contributed by atoms with Gasteiger partial charge in [-0.25, -0.2) is 0 Å². The Morgan fingerprint density at radius 3 is 2.33 bits per heavy atom. The fraction of sp³-hybridized carbons (Fsp3) is 0.391. The average Bonchev–Trinajstić information content (AvgIpc) is 3.23. The molecule has 2 amide bonds. The van der Waals surface area contributed by atoms with Crippen LogP contribution in [0.4, 0.5) is 0 Å². The van der Waals surface area contributed by atoms with Crippen LogP contribution in [0.1, 0.15) is 16.8 Å². The molecule has 0 aliphatic carbocycles. The summed E-state index contributed by atoms with van der Waals surface area (Å²) in [6.45, 7) is 2.50. The van der Waals surface area contributed by atoms with Gasteiger partial charge in [-0.2, -0.15) is 0 Å². The third-order valence-corrected chi connectivity index (χ3v) is 5.51. The fourth-order valence-corrected chi connectivity index (χ4v) is 3.93. The third kappa shape index (κ3) is 4.41. The first-order valence-electron chi connectivity index (χ1n) is 10.2. The molecular formula is C23H26N2O5. The molecule has 7 nitrogen and oxygen atoms in total. The maximum Gasteiger partial charge on any atom is 0.254 e. The van der Waals surface area contributed by atoms with Crippen molar-refractivity contribution in [3.63, 3.8) is 0 Å². The number of hydrogen-bond acceptors (Lipinski definition) is 5. The van der Waals surface area contributed by atoms with Crippen molar-refractivity contribution >= 4 is 11.8 Å². The summed E-state index contributed by atoms with van der Waals surface area (Å²) in [4.78, 5) is 30.0. The average molecular weight is 410 g/mol. The smallest absolute Gasteiger partial charge is 0.254 e. The predicted octanol–water partition coefficient (Wildman–Crippen LogP) is 2.22. The van der Waals surface area contributed by atoms with E-state index in [1.54, 1.807) is 41.2 Å². The molecule has 0 saturated carbocycles. The van der Waals surface area contributed by atoms with Gasteiger partial charge >= 0.3 is 0 Å². The topological polar surface area (TPSA) is 68.3 Å². The SMILES string of the molecule is COc1ccc(C(=O)N2C[C@@H](Oc3ccccc3)C[C@@H]2C(=O)N2CCOCC2)cc1. The number of morpholine rings is 1. The van der Waals surface area contributed by atoms with Gasteiger partial charge in [0.15, 0.2) is 0 Å². The number of ether oxygens (including phenoxy) is 3. The lowest BCUT2D eigenvalue weighted by Crippen LogP contribution is -2.51. The van der Waals surface area contributed by atoms with E-state index in [4.69, 9.17) is 14.2 Å². The van der Waals surface area contributed by atoms with Crippen molar-refractivity contribution in [1.82, 2.24) is 9.80 Å². The number of likely N-dealkylation sites (tertiary alicyclic amines) is 1. The van der Waals surface area contributed by atoms with Crippen LogP contribution in [0.25, 0.3) is 0 Å². The van der Waals surface area contributed by atoms with Gasteiger partial charge < -0.3 is 24.0 Å². The van der Waals surface area contributed by atoms with Crippen LogP contribution < -0.4 is 9.47 Å². The van der Waals surface area contributed by atoms with E-state index in [0.717, 1.165) is 5.75 Å². The molecule has 2 heterocycles. The van der Waals surface area contributed by atoms with E-state index in [-0.39, 0.29) is 17.9 Å². The molecule has 30 heavy (non-hydrogen) atoms. The van der Waals surface area contributed by atoms with Crippen molar-refractivity contribution in [1.29, 1.82) is 0 Å². The molecule has 0 radical (unpaired) electrons. The summed E-state index contributed by atoms with van der Waals surface area (Å²) in [5.74, 6) is 1.20. The summed E-state index contributed by atoms with van der Waals surface area (Å²) in [6, 6.07) is 15.9. The van der Waals surface area contributed by atoms with Crippen molar-refractivity contribution < 1.29 is 23.8 Å². The van der Waals surface area contributed by atoms with E-state index in [2.05, 4.69) is 0 Å². The number of nitrogens with zero attached hydrogens (tertiary/aromatic N) is 2. The first-order valence-corrected chi connectivity index (χ1v) is 10.2. The van der Waals surface area contributed by atoms with E-state index >= 15 is 0 Å². The highest BCUT2D eigenvalue weighted by Gasteiger charge is 2.42. The summed E-state index contributed by atoms with van der Waals surface area (Å²) >= 11 is 0. The molecule has 2 aliphatic heterocycles. The molecule has 0 aromatic heterocycles. The molecule has 7 heteroatoms. The Balaban J connectivity index is 1.54. The second-order valence-corrected chi connectivity index (χ2v) is 7.43. The van der Waals surface area contributed by atoms with Gasteiger partial charge in [-0.15, -0.1) is 0 Å². The van der Waals surface area contributed by atoms with Crippen molar-refractivity contribution in [2.75, 3.05) is 40.0 Å². The molecule has 2 fully saturated rings. The summed E-state index contributed by atoms with van der Waals surface area (Å²) in [6.07, 6.45) is 0.220. The van der Waals surface area contributed by atoms with E-state index in [1.807, 2.05) is 30.3 Å². The van der Waals surface area contributed by atoms with Crippen LogP contribution >= 0.6 is 0 Å². The van der Waals surface area contributed by atoms with Gasteiger partial charge in [-0.3, -0.25) is 9.59 Å². The molecule has 2 aromatic carbocycles. The van der Waals surface area contributed by atoms with Crippen LogP contribution in [0.2, 0.25) is 0 Å². The number of rotatable bonds is 5. The number of amides is 2. The lowest BCUT2D eigenvalue weighted by molar-refractivity contribution is -0.139. The van der Waals surface area contributed by atoms with Gasteiger partial charge in [0.1, 0.15) is 23.6 Å². The highest BCUT2D eigenvalue weighted by Crippen LogP contribution is 2.27. The minimum atomic E-state index is -0.550. The number of carbonyl (C=O) groups is 2. The maximum absolute atomic E-state index is 13.3. The Morgan fingerprint density at radius 1 is 0.967 bits per heavy atom. The summed E-state index contributed by atoms with van der Waals surface area (Å²) in [5, 5.41) is 0. The van der Waals surface area contributed by atoms with E-state index < -0.39 is 6.04 Å². The third-order valence-electron chi connectivity index (χ3n) is 5.51. The minimum Gasteiger partial charge on any atom is -0.497 e. The minimum absolute atomic E-state index is 0.0423. The number of hydrogen-bond donors (Lipinski definition) is 0. The van der Waals surface area contributed by atoms with Crippen LogP contribution in [0, 0.1) is 0 Å².